The molecule has 1 heterocycles. The van der Waals surface area contributed by atoms with Gasteiger partial charge in [-0.25, -0.2) is 0 Å². The van der Waals surface area contributed by atoms with Crippen LogP contribution in [-0.4, -0.2) is 11.5 Å². The largest absolute Gasteiger partial charge is 0.309 e. The number of nitrogens with zero attached hydrogens (tertiary/aromatic N) is 1. The summed E-state index contributed by atoms with van der Waals surface area (Å²) in [6.45, 7) is 9.68. The van der Waals surface area contributed by atoms with Crippen LogP contribution in [0.1, 0.15) is 62.4 Å². The van der Waals surface area contributed by atoms with E-state index in [9.17, 15) is 0 Å². The number of aryl methyl sites for hydroxylation is 2. The van der Waals surface area contributed by atoms with E-state index < -0.39 is 0 Å². The number of nitrogens with one attached hydrogen (secondary N) is 1. The summed E-state index contributed by atoms with van der Waals surface area (Å²) in [4.78, 5) is 4.61. The molecule has 1 N–H and O–H groups in total. The number of pyridine rings is 1. The first kappa shape index (κ1) is 14.2. The molecule has 0 aromatic carbocycles. The molecule has 0 radical (unpaired) electrons. The van der Waals surface area contributed by atoms with Crippen molar-refractivity contribution in [1.82, 2.24) is 10.3 Å². The summed E-state index contributed by atoms with van der Waals surface area (Å²) in [6, 6.07) is 2.65. The Labute approximate surface area is 106 Å². The molecule has 0 saturated heterocycles. The lowest BCUT2D eigenvalue weighted by molar-refractivity contribution is 0.475. The number of hydrogen-bond acceptors (Lipinski definition) is 2. The van der Waals surface area contributed by atoms with Crippen molar-refractivity contribution in [3.8, 4) is 0 Å². The highest BCUT2D eigenvalue weighted by atomic mass is 14.9. The summed E-state index contributed by atoms with van der Waals surface area (Å²) < 4.78 is 0. The Balaban J connectivity index is 2.74. The minimum absolute atomic E-state index is 0.423. The van der Waals surface area contributed by atoms with Crippen LogP contribution in [0.25, 0.3) is 0 Å². The number of rotatable bonds is 7. The molecule has 1 unspecified atom stereocenters. The molecule has 1 atom stereocenters. The van der Waals surface area contributed by atoms with Crippen LogP contribution >= 0.6 is 0 Å². The molecule has 0 bridgehead atoms. The van der Waals surface area contributed by atoms with Crippen molar-refractivity contribution in [3.05, 3.63) is 29.1 Å². The Hall–Kier alpha value is -0.890. The zero-order chi connectivity index (χ0) is 12.7. The fourth-order valence-corrected chi connectivity index (χ4v) is 2.27. The van der Waals surface area contributed by atoms with Gasteiger partial charge < -0.3 is 5.32 Å². The van der Waals surface area contributed by atoms with Crippen molar-refractivity contribution < 1.29 is 0 Å². The van der Waals surface area contributed by atoms with Gasteiger partial charge in [0.05, 0.1) is 5.69 Å². The van der Waals surface area contributed by atoms with Gasteiger partial charge in [0.15, 0.2) is 0 Å². The van der Waals surface area contributed by atoms with Crippen LogP contribution in [0.15, 0.2) is 12.3 Å². The highest BCUT2D eigenvalue weighted by Crippen LogP contribution is 2.21. The quantitative estimate of drug-likeness (QED) is 0.723. The normalized spacial score (nSPS) is 12.7. The third kappa shape index (κ3) is 4.47. The lowest BCUT2D eigenvalue weighted by Gasteiger charge is -2.19. The third-order valence-electron chi connectivity index (χ3n) is 3.13. The van der Waals surface area contributed by atoms with Crippen molar-refractivity contribution in [2.75, 3.05) is 6.54 Å². The Bertz CT molecular complexity index is 334. The van der Waals surface area contributed by atoms with Gasteiger partial charge >= 0.3 is 0 Å². The van der Waals surface area contributed by atoms with E-state index in [2.05, 4.69) is 44.1 Å². The van der Waals surface area contributed by atoms with Gasteiger partial charge in [0.2, 0.25) is 0 Å². The Morgan fingerprint density at radius 3 is 2.59 bits per heavy atom. The number of hydrogen-bond donors (Lipinski definition) is 1. The first-order valence-corrected chi connectivity index (χ1v) is 6.85. The average molecular weight is 234 g/mol. The van der Waals surface area contributed by atoms with Crippen molar-refractivity contribution >= 4 is 0 Å². The predicted molar refractivity (Wildman–Crippen MR) is 74.3 cm³/mol. The molecule has 0 aliphatic carbocycles. The maximum absolute atomic E-state index is 4.61. The zero-order valence-electron chi connectivity index (χ0n) is 11.7. The molecule has 1 aromatic rings. The van der Waals surface area contributed by atoms with Gasteiger partial charge in [0.25, 0.3) is 0 Å². The van der Waals surface area contributed by atoms with Gasteiger partial charge in [-0.05, 0) is 37.9 Å². The number of unbranched alkanes of at least 4 members (excludes halogenated alkanes) is 2. The molecule has 0 spiro atoms. The van der Waals surface area contributed by atoms with Gasteiger partial charge in [0, 0.05) is 12.2 Å². The van der Waals surface area contributed by atoms with E-state index in [0.717, 1.165) is 6.54 Å². The van der Waals surface area contributed by atoms with E-state index in [1.807, 2.05) is 6.20 Å². The van der Waals surface area contributed by atoms with E-state index in [-0.39, 0.29) is 0 Å². The summed E-state index contributed by atoms with van der Waals surface area (Å²) in [7, 11) is 0. The van der Waals surface area contributed by atoms with E-state index in [1.54, 1.807) is 0 Å². The van der Waals surface area contributed by atoms with Crippen molar-refractivity contribution in [1.29, 1.82) is 0 Å². The van der Waals surface area contributed by atoms with Gasteiger partial charge in [-0.1, -0.05) is 39.2 Å². The smallest absolute Gasteiger partial charge is 0.0602 e. The SMILES string of the molecule is CCCCCC(NCC)c1ncc(C)cc1C. The van der Waals surface area contributed by atoms with Gasteiger partial charge in [-0.3, -0.25) is 4.98 Å². The zero-order valence-corrected chi connectivity index (χ0v) is 11.7. The third-order valence-corrected chi connectivity index (χ3v) is 3.13. The second kappa shape index (κ2) is 7.44. The van der Waals surface area contributed by atoms with E-state index in [1.165, 1.54) is 42.5 Å². The minimum Gasteiger partial charge on any atom is -0.309 e. The van der Waals surface area contributed by atoms with E-state index in [0.29, 0.717) is 6.04 Å². The molecule has 2 nitrogen and oxygen atoms in total. The molecule has 1 rings (SSSR count). The minimum atomic E-state index is 0.423. The first-order chi connectivity index (χ1) is 8.19. The summed E-state index contributed by atoms with van der Waals surface area (Å²) in [5.74, 6) is 0. The molecule has 0 aliphatic rings. The second-order valence-corrected chi connectivity index (χ2v) is 4.82. The molecule has 0 saturated carbocycles. The van der Waals surface area contributed by atoms with Crippen LogP contribution in [0.4, 0.5) is 0 Å². The summed E-state index contributed by atoms with van der Waals surface area (Å²) in [5.41, 5.74) is 3.79. The highest BCUT2D eigenvalue weighted by molar-refractivity contribution is 5.25. The van der Waals surface area contributed by atoms with Gasteiger partial charge in [-0.15, -0.1) is 0 Å². The van der Waals surface area contributed by atoms with Crippen LogP contribution < -0.4 is 5.32 Å². The molecular formula is C15H26N2. The molecule has 0 aliphatic heterocycles. The molecular weight excluding hydrogens is 208 g/mol. The van der Waals surface area contributed by atoms with Crippen LogP contribution in [0.3, 0.4) is 0 Å². The Kier molecular flexibility index (Phi) is 6.20. The summed E-state index contributed by atoms with van der Waals surface area (Å²) in [5, 5.41) is 3.56. The number of aromatic nitrogens is 1. The van der Waals surface area contributed by atoms with E-state index in [4.69, 9.17) is 0 Å². The monoisotopic (exact) mass is 234 g/mol. The summed E-state index contributed by atoms with van der Waals surface area (Å²) in [6.07, 6.45) is 7.04. The summed E-state index contributed by atoms with van der Waals surface area (Å²) >= 11 is 0. The van der Waals surface area contributed by atoms with Crippen LogP contribution in [-0.2, 0) is 0 Å². The van der Waals surface area contributed by atoms with Crippen LogP contribution in [0.2, 0.25) is 0 Å². The van der Waals surface area contributed by atoms with Crippen molar-refractivity contribution in [3.63, 3.8) is 0 Å². The molecule has 17 heavy (non-hydrogen) atoms. The Morgan fingerprint density at radius 2 is 2.00 bits per heavy atom. The van der Waals surface area contributed by atoms with E-state index >= 15 is 0 Å². The van der Waals surface area contributed by atoms with Gasteiger partial charge in [0.1, 0.15) is 0 Å². The Morgan fingerprint density at radius 1 is 1.24 bits per heavy atom. The van der Waals surface area contributed by atoms with Gasteiger partial charge in [-0.2, -0.15) is 0 Å². The lowest BCUT2D eigenvalue weighted by Crippen LogP contribution is -2.22. The average Bonchev–Trinajstić information content (AvgIpc) is 2.28. The van der Waals surface area contributed by atoms with Crippen LogP contribution in [0.5, 0.6) is 0 Å². The fraction of sp³-hybridized carbons (Fsp3) is 0.667. The molecule has 0 fully saturated rings. The molecule has 0 amide bonds. The second-order valence-electron chi connectivity index (χ2n) is 4.82. The highest BCUT2D eigenvalue weighted by Gasteiger charge is 2.13. The topological polar surface area (TPSA) is 24.9 Å². The lowest BCUT2D eigenvalue weighted by atomic mass is 10.0. The predicted octanol–water partition coefficient (Wildman–Crippen LogP) is 3.93. The molecule has 96 valence electrons. The first-order valence-electron chi connectivity index (χ1n) is 6.85. The molecule has 2 heteroatoms. The van der Waals surface area contributed by atoms with Crippen molar-refractivity contribution in [2.45, 2.75) is 59.4 Å². The fourth-order valence-electron chi connectivity index (χ4n) is 2.27. The van der Waals surface area contributed by atoms with Crippen LogP contribution in [0, 0.1) is 13.8 Å². The molecule has 1 aromatic heterocycles. The maximum Gasteiger partial charge on any atom is 0.0602 e. The standard InChI is InChI=1S/C15H26N2/c1-5-7-8-9-14(16-6-2)15-13(4)10-12(3)11-17-15/h10-11,14,16H,5-9H2,1-4H3. The maximum atomic E-state index is 4.61. The van der Waals surface area contributed by atoms with Crippen molar-refractivity contribution in [2.24, 2.45) is 0 Å².